The van der Waals surface area contributed by atoms with Crippen molar-refractivity contribution >= 4 is 11.9 Å². The summed E-state index contributed by atoms with van der Waals surface area (Å²) in [7, 11) is 0. The number of aliphatic hydroxyl groups is 1. The zero-order chi connectivity index (χ0) is 16.3. The minimum atomic E-state index is -0.945. The minimum absolute atomic E-state index is 0.179. The van der Waals surface area contributed by atoms with Gasteiger partial charge in [-0.2, -0.15) is 5.10 Å². The third-order valence-corrected chi connectivity index (χ3v) is 4.13. The first-order valence-corrected chi connectivity index (χ1v) is 7.37. The molecule has 0 spiro atoms. The number of hydrogen-bond acceptors (Lipinski definition) is 5. The number of carboxylic acids is 1. The summed E-state index contributed by atoms with van der Waals surface area (Å²) >= 11 is 0. The molecule has 1 aromatic rings. The van der Waals surface area contributed by atoms with Crippen molar-refractivity contribution in [1.29, 1.82) is 0 Å². The van der Waals surface area contributed by atoms with Crippen LogP contribution in [0.25, 0.3) is 0 Å². The number of carbonyl (C=O) groups is 2. The fourth-order valence-electron chi connectivity index (χ4n) is 3.05. The van der Waals surface area contributed by atoms with Gasteiger partial charge in [0.15, 0.2) is 0 Å². The largest absolute Gasteiger partial charge is 0.480 e. The fourth-order valence-corrected chi connectivity index (χ4v) is 3.05. The lowest BCUT2D eigenvalue weighted by Gasteiger charge is -2.32. The number of aliphatic carboxylic acids is 1. The molecule has 0 aromatic carbocycles. The number of H-pyrrole nitrogens is 1. The summed E-state index contributed by atoms with van der Waals surface area (Å²) in [6.07, 6.45) is 1.66. The Morgan fingerprint density at radius 1 is 1.55 bits per heavy atom. The third kappa shape index (κ3) is 3.45. The highest BCUT2D eigenvalue weighted by Crippen LogP contribution is 2.32. The van der Waals surface area contributed by atoms with E-state index < -0.39 is 24.2 Å². The number of aromatic nitrogens is 2. The summed E-state index contributed by atoms with van der Waals surface area (Å²) in [5.74, 6) is -1.39. The van der Waals surface area contributed by atoms with Crippen molar-refractivity contribution in [2.24, 2.45) is 0 Å². The van der Waals surface area contributed by atoms with Crippen molar-refractivity contribution in [1.82, 2.24) is 20.8 Å². The second-order valence-electron chi connectivity index (χ2n) is 5.64. The molecule has 2 rings (SSSR count). The van der Waals surface area contributed by atoms with Crippen molar-refractivity contribution in [3.8, 4) is 0 Å². The van der Waals surface area contributed by atoms with Crippen molar-refractivity contribution in [2.75, 3.05) is 0 Å². The SMILES string of the molecule is CC[C@H](O)[C@H](NC(C)=O)[C@@H]1N[C@@H](C(=O)O)C[C@H]1c1ccn[nH]1. The van der Waals surface area contributed by atoms with Gasteiger partial charge in [0.2, 0.25) is 5.91 Å². The van der Waals surface area contributed by atoms with Crippen molar-refractivity contribution in [3.63, 3.8) is 0 Å². The molecule has 1 fully saturated rings. The van der Waals surface area contributed by atoms with E-state index in [2.05, 4.69) is 20.8 Å². The van der Waals surface area contributed by atoms with Crippen LogP contribution in [-0.4, -0.2) is 56.5 Å². The minimum Gasteiger partial charge on any atom is -0.480 e. The lowest BCUT2D eigenvalue weighted by atomic mass is 9.87. The van der Waals surface area contributed by atoms with Gasteiger partial charge in [-0.15, -0.1) is 0 Å². The zero-order valence-electron chi connectivity index (χ0n) is 12.6. The Morgan fingerprint density at radius 2 is 2.27 bits per heavy atom. The normalized spacial score (nSPS) is 27.3. The maximum absolute atomic E-state index is 11.5. The number of rotatable bonds is 6. The average Bonchev–Trinajstić information content (AvgIpc) is 3.11. The predicted octanol–water partition coefficient (Wildman–Crippen LogP) is -0.416. The van der Waals surface area contributed by atoms with E-state index in [1.54, 1.807) is 12.3 Å². The summed E-state index contributed by atoms with van der Waals surface area (Å²) in [6, 6.07) is 0.103. The highest BCUT2D eigenvalue weighted by atomic mass is 16.4. The summed E-state index contributed by atoms with van der Waals surface area (Å²) in [4.78, 5) is 22.8. The molecule has 122 valence electrons. The molecular weight excluding hydrogens is 288 g/mol. The molecule has 0 unspecified atom stereocenters. The number of amides is 1. The molecule has 8 heteroatoms. The van der Waals surface area contributed by atoms with Crippen molar-refractivity contribution in [3.05, 3.63) is 18.0 Å². The van der Waals surface area contributed by atoms with Crippen molar-refractivity contribution < 1.29 is 19.8 Å². The van der Waals surface area contributed by atoms with Crippen LogP contribution in [0.3, 0.4) is 0 Å². The van der Waals surface area contributed by atoms with E-state index in [0.717, 1.165) is 5.69 Å². The van der Waals surface area contributed by atoms with E-state index in [9.17, 15) is 19.8 Å². The molecule has 0 aliphatic carbocycles. The first-order chi connectivity index (χ1) is 10.4. The highest BCUT2D eigenvalue weighted by Gasteiger charge is 2.44. The number of nitrogens with one attached hydrogen (secondary N) is 3. The van der Waals surface area contributed by atoms with Crippen LogP contribution in [0.4, 0.5) is 0 Å². The third-order valence-electron chi connectivity index (χ3n) is 4.13. The fraction of sp³-hybridized carbons (Fsp3) is 0.643. The zero-order valence-corrected chi connectivity index (χ0v) is 12.6. The van der Waals surface area contributed by atoms with Gasteiger partial charge in [-0.05, 0) is 18.9 Å². The second-order valence-corrected chi connectivity index (χ2v) is 5.64. The van der Waals surface area contributed by atoms with E-state index in [1.165, 1.54) is 6.92 Å². The van der Waals surface area contributed by atoms with Gasteiger partial charge >= 0.3 is 5.97 Å². The Hall–Kier alpha value is -1.93. The Bertz CT molecular complexity index is 519. The highest BCUT2D eigenvalue weighted by molar-refractivity contribution is 5.75. The summed E-state index contributed by atoms with van der Waals surface area (Å²) in [5.41, 5.74) is 0.792. The van der Waals surface area contributed by atoms with Crippen LogP contribution in [0.5, 0.6) is 0 Å². The Morgan fingerprint density at radius 3 is 2.77 bits per heavy atom. The van der Waals surface area contributed by atoms with Crippen LogP contribution >= 0.6 is 0 Å². The molecular formula is C14H22N4O4. The summed E-state index contributed by atoms with van der Waals surface area (Å²) < 4.78 is 0. The monoisotopic (exact) mass is 310 g/mol. The lowest BCUT2D eigenvalue weighted by Crippen LogP contribution is -2.56. The molecule has 5 atom stereocenters. The number of aromatic amines is 1. The van der Waals surface area contributed by atoms with Gasteiger partial charge in [0.25, 0.3) is 0 Å². The van der Waals surface area contributed by atoms with Crippen molar-refractivity contribution in [2.45, 2.75) is 56.8 Å². The van der Waals surface area contributed by atoms with E-state index in [-0.39, 0.29) is 17.9 Å². The Labute approximate surface area is 128 Å². The summed E-state index contributed by atoms with van der Waals surface area (Å²) in [5, 5.41) is 32.0. The summed E-state index contributed by atoms with van der Waals surface area (Å²) in [6.45, 7) is 3.19. The van der Waals surface area contributed by atoms with E-state index in [1.807, 2.05) is 6.92 Å². The second kappa shape index (κ2) is 6.89. The van der Waals surface area contributed by atoms with Gasteiger partial charge in [-0.3, -0.25) is 20.0 Å². The molecule has 0 saturated carbocycles. The van der Waals surface area contributed by atoms with Crippen LogP contribution in [0.2, 0.25) is 0 Å². The molecule has 1 aromatic heterocycles. The Balaban J connectivity index is 2.29. The average molecular weight is 310 g/mol. The Kier molecular flexibility index (Phi) is 5.15. The number of carboxylic acid groups (broad SMARTS) is 1. The van der Waals surface area contributed by atoms with Gasteiger partial charge in [-0.25, -0.2) is 0 Å². The number of nitrogens with zero attached hydrogens (tertiary/aromatic N) is 1. The molecule has 1 amide bonds. The van der Waals surface area contributed by atoms with Crippen LogP contribution in [0.1, 0.15) is 38.3 Å². The van der Waals surface area contributed by atoms with Crippen LogP contribution in [0.15, 0.2) is 12.3 Å². The van der Waals surface area contributed by atoms with Gasteiger partial charge in [0, 0.05) is 30.8 Å². The van der Waals surface area contributed by atoms with Gasteiger partial charge in [0.05, 0.1) is 12.1 Å². The van der Waals surface area contributed by atoms with Crippen LogP contribution in [-0.2, 0) is 9.59 Å². The molecule has 5 N–H and O–H groups in total. The van der Waals surface area contributed by atoms with Crippen LogP contribution in [0, 0.1) is 0 Å². The van der Waals surface area contributed by atoms with Gasteiger partial charge in [0.1, 0.15) is 6.04 Å². The predicted molar refractivity (Wildman–Crippen MR) is 78.2 cm³/mol. The van der Waals surface area contributed by atoms with E-state index >= 15 is 0 Å². The quantitative estimate of drug-likeness (QED) is 0.486. The first-order valence-electron chi connectivity index (χ1n) is 7.37. The standard InChI is InChI=1S/C14H22N4O4/c1-3-11(20)13(16-7(2)19)12-8(9-4-5-15-18-9)6-10(17-12)14(21)22/h4-5,8,10-13,17,20H,3,6H2,1-2H3,(H,15,18)(H,16,19)(H,21,22)/t8-,10+,11-,12+,13-/m0/s1. The molecule has 8 nitrogen and oxygen atoms in total. The topological polar surface area (TPSA) is 127 Å². The molecule has 0 radical (unpaired) electrons. The maximum atomic E-state index is 11.5. The molecule has 1 saturated heterocycles. The molecule has 2 heterocycles. The lowest BCUT2D eigenvalue weighted by molar-refractivity contribution is -0.139. The molecule has 1 aliphatic heterocycles. The molecule has 1 aliphatic rings. The first kappa shape index (κ1) is 16.4. The number of aliphatic hydroxyl groups excluding tert-OH is 1. The van der Waals surface area contributed by atoms with Crippen LogP contribution < -0.4 is 10.6 Å². The van der Waals surface area contributed by atoms with E-state index in [4.69, 9.17) is 0 Å². The molecule has 0 bridgehead atoms. The number of hydrogen-bond donors (Lipinski definition) is 5. The maximum Gasteiger partial charge on any atom is 0.320 e. The van der Waals surface area contributed by atoms with Gasteiger partial charge < -0.3 is 15.5 Å². The van der Waals surface area contributed by atoms with E-state index in [0.29, 0.717) is 12.8 Å². The smallest absolute Gasteiger partial charge is 0.320 e. The van der Waals surface area contributed by atoms with Gasteiger partial charge in [-0.1, -0.05) is 6.92 Å². The molecule has 22 heavy (non-hydrogen) atoms. The number of carbonyl (C=O) groups excluding carboxylic acids is 1.